The zero-order chi connectivity index (χ0) is 16.8. The number of benzene rings is 1. The van der Waals surface area contributed by atoms with E-state index in [2.05, 4.69) is 20.3 Å². The summed E-state index contributed by atoms with van der Waals surface area (Å²) in [5.41, 5.74) is 2.77. The largest absolute Gasteiger partial charge is 0.497 e. The van der Waals surface area contributed by atoms with Crippen LogP contribution in [0.5, 0.6) is 5.75 Å². The highest BCUT2D eigenvalue weighted by molar-refractivity contribution is 7.13. The van der Waals surface area contributed by atoms with Gasteiger partial charge < -0.3 is 15.0 Å². The zero-order valence-corrected chi connectivity index (χ0v) is 14.1. The number of ether oxygens (including phenoxy) is 1. The highest BCUT2D eigenvalue weighted by atomic mass is 32.1. The summed E-state index contributed by atoms with van der Waals surface area (Å²) in [6.45, 7) is 0.577. The van der Waals surface area contributed by atoms with Crippen molar-refractivity contribution in [3.8, 4) is 16.3 Å². The van der Waals surface area contributed by atoms with E-state index < -0.39 is 0 Å². The minimum atomic E-state index is -0.0305. The van der Waals surface area contributed by atoms with Crippen molar-refractivity contribution in [2.75, 3.05) is 13.7 Å². The van der Waals surface area contributed by atoms with Crippen LogP contribution in [-0.4, -0.2) is 34.5 Å². The van der Waals surface area contributed by atoms with Crippen molar-refractivity contribution in [2.45, 2.75) is 12.8 Å². The van der Waals surface area contributed by atoms with Crippen LogP contribution in [-0.2, 0) is 17.6 Å². The minimum Gasteiger partial charge on any atom is -0.497 e. The molecule has 7 heteroatoms. The third-order valence-electron chi connectivity index (χ3n) is 3.48. The van der Waals surface area contributed by atoms with Gasteiger partial charge in [0, 0.05) is 35.8 Å². The summed E-state index contributed by atoms with van der Waals surface area (Å²) >= 11 is 1.53. The Morgan fingerprint density at radius 2 is 2.33 bits per heavy atom. The second kappa shape index (κ2) is 7.74. The van der Waals surface area contributed by atoms with E-state index in [1.807, 2.05) is 29.6 Å². The van der Waals surface area contributed by atoms with E-state index in [1.165, 1.54) is 11.3 Å². The highest BCUT2D eigenvalue weighted by Crippen LogP contribution is 2.26. The normalized spacial score (nSPS) is 10.5. The van der Waals surface area contributed by atoms with Gasteiger partial charge in [-0.2, -0.15) is 0 Å². The Morgan fingerprint density at radius 3 is 3.12 bits per heavy atom. The monoisotopic (exact) mass is 342 g/mol. The lowest BCUT2D eigenvalue weighted by molar-refractivity contribution is -0.120. The fourth-order valence-electron chi connectivity index (χ4n) is 2.26. The molecule has 1 amide bonds. The molecule has 0 fully saturated rings. The van der Waals surface area contributed by atoms with E-state index >= 15 is 0 Å². The fraction of sp³-hybridized carbons (Fsp3) is 0.235. The molecular weight excluding hydrogens is 324 g/mol. The third-order valence-corrected chi connectivity index (χ3v) is 4.42. The molecule has 0 saturated heterocycles. The first-order chi connectivity index (χ1) is 11.7. The number of thiazole rings is 1. The Hall–Kier alpha value is -2.67. The van der Waals surface area contributed by atoms with Crippen molar-refractivity contribution >= 4 is 17.2 Å². The van der Waals surface area contributed by atoms with Crippen molar-refractivity contribution in [3.05, 3.63) is 53.6 Å². The fourth-order valence-corrected chi connectivity index (χ4v) is 3.08. The van der Waals surface area contributed by atoms with Gasteiger partial charge in [-0.25, -0.2) is 9.97 Å². The molecule has 0 atom stereocenters. The predicted molar refractivity (Wildman–Crippen MR) is 93.1 cm³/mol. The second-order valence-corrected chi connectivity index (χ2v) is 6.09. The van der Waals surface area contributed by atoms with Crippen LogP contribution in [0, 0.1) is 0 Å². The molecule has 0 aliphatic rings. The summed E-state index contributed by atoms with van der Waals surface area (Å²) in [5, 5.41) is 5.70. The van der Waals surface area contributed by atoms with Crippen molar-refractivity contribution in [3.63, 3.8) is 0 Å². The highest BCUT2D eigenvalue weighted by Gasteiger charge is 2.09. The number of aromatic nitrogens is 3. The van der Waals surface area contributed by atoms with Crippen LogP contribution >= 0.6 is 11.3 Å². The molecule has 0 bridgehead atoms. The average molecular weight is 342 g/mol. The number of carbonyl (C=O) groups excluding carboxylic acids is 1. The number of methoxy groups -OCH3 is 1. The molecule has 6 nitrogen and oxygen atoms in total. The number of carbonyl (C=O) groups is 1. The van der Waals surface area contributed by atoms with Crippen LogP contribution in [0.1, 0.15) is 11.4 Å². The molecule has 0 unspecified atom stereocenters. The molecule has 0 radical (unpaired) electrons. The topological polar surface area (TPSA) is 79.9 Å². The van der Waals surface area contributed by atoms with E-state index in [0.717, 1.165) is 34.1 Å². The van der Waals surface area contributed by atoms with Crippen LogP contribution in [0.4, 0.5) is 0 Å². The number of imidazole rings is 1. The van der Waals surface area contributed by atoms with E-state index in [0.29, 0.717) is 6.54 Å². The molecule has 2 heterocycles. The second-order valence-electron chi connectivity index (χ2n) is 5.23. The Balaban J connectivity index is 1.54. The van der Waals surface area contributed by atoms with Gasteiger partial charge in [-0.3, -0.25) is 4.79 Å². The minimum absolute atomic E-state index is 0.0305. The number of hydrogen-bond donors (Lipinski definition) is 2. The first kappa shape index (κ1) is 16.2. The number of amides is 1. The summed E-state index contributed by atoms with van der Waals surface area (Å²) in [6.07, 6.45) is 4.40. The number of nitrogens with zero attached hydrogens (tertiary/aromatic N) is 2. The molecule has 1 aromatic carbocycles. The van der Waals surface area contributed by atoms with E-state index in [4.69, 9.17) is 4.74 Å². The number of aromatic amines is 1. The van der Waals surface area contributed by atoms with Crippen LogP contribution in [0.2, 0.25) is 0 Å². The van der Waals surface area contributed by atoms with Crippen LogP contribution < -0.4 is 10.1 Å². The quantitative estimate of drug-likeness (QED) is 0.691. The van der Waals surface area contributed by atoms with Gasteiger partial charge in [-0.1, -0.05) is 12.1 Å². The molecule has 2 aromatic heterocycles. The number of nitrogens with one attached hydrogen (secondary N) is 2. The van der Waals surface area contributed by atoms with Gasteiger partial charge in [0.15, 0.2) is 0 Å². The van der Waals surface area contributed by atoms with Crippen molar-refractivity contribution in [1.82, 2.24) is 20.3 Å². The lowest BCUT2D eigenvalue weighted by Crippen LogP contribution is -2.27. The molecular formula is C17H18N4O2S. The standard InChI is InChI=1S/C17H18N4O2S/c1-23-15-4-2-3-12(7-15)17-21-14(10-24-17)8-16(22)19-6-5-13-9-18-11-20-13/h2-4,7,9-11H,5-6,8H2,1H3,(H,18,20)(H,19,22). The van der Waals surface area contributed by atoms with Gasteiger partial charge in [-0.05, 0) is 12.1 Å². The SMILES string of the molecule is COc1cccc(-c2nc(CC(=O)NCCc3cnc[nH]3)cs2)c1. The van der Waals surface area contributed by atoms with E-state index in [1.54, 1.807) is 19.6 Å². The maximum atomic E-state index is 12.0. The average Bonchev–Trinajstić information content (AvgIpc) is 3.27. The van der Waals surface area contributed by atoms with Gasteiger partial charge in [0.1, 0.15) is 10.8 Å². The zero-order valence-electron chi connectivity index (χ0n) is 13.3. The van der Waals surface area contributed by atoms with Gasteiger partial charge in [0.25, 0.3) is 0 Å². The lowest BCUT2D eigenvalue weighted by atomic mass is 10.2. The van der Waals surface area contributed by atoms with Crippen LogP contribution in [0.25, 0.3) is 10.6 Å². The summed E-state index contributed by atoms with van der Waals surface area (Å²) in [7, 11) is 1.64. The molecule has 3 rings (SSSR count). The van der Waals surface area contributed by atoms with Crippen LogP contribution in [0.15, 0.2) is 42.2 Å². The molecule has 3 aromatic rings. The lowest BCUT2D eigenvalue weighted by Gasteiger charge is -2.03. The van der Waals surface area contributed by atoms with Crippen molar-refractivity contribution in [1.29, 1.82) is 0 Å². The number of hydrogen-bond acceptors (Lipinski definition) is 5. The Kier molecular flexibility index (Phi) is 5.22. The summed E-state index contributed by atoms with van der Waals surface area (Å²) < 4.78 is 5.23. The molecule has 2 N–H and O–H groups in total. The number of H-pyrrole nitrogens is 1. The molecule has 124 valence electrons. The first-order valence-electron chi connectivity index (χ1n) is 7.57. The molecule has 0 saturated carbocycles. The van der Waals surface area contributed by atoms with Gasteiger partial charge in [-0.15, -0.1) is 11.3 Å². The summed E-state index contributed by atoms with van der Waals surface area (Å²) in [6, 6.07) is 7.74. The van der Waals surface area contributed by atoms with E-state index in [9.17, 15) is 4.79 Å². The third kappa shape index (κ3) is 4.20. The van der Waals surface area contributed by atoms with Crippen LogP contribution in [0.3, 0.4) is 0 Å². The smallest absolute Gasteiger partial charge is 0.226 e. The molecule has 0 spiro atoms. The van der Waals surface area contributed by atoms with Gasteiger partial charge in [0.2, 0.25) is 5.91 Å². The summed E-state index contributed by atoms with van der Waals surface area (Å²) in [4.78, 5) is 23.5. The first-order valence-corrected chi connectivity index (χ1v) is 8.45. The molecule has 0 aliphatic heterocycles. The van der Waals surface area contributed by atoms with Crippen molar-refractivity contribution < 1.29 is 9.53 Å². The van der Waals surface area contributed by atoms with Gasteiger partial charge in [0.05, 0.1) is 25.6 Å². The predicted octanol–water partition coefficient (Wildman–Crippen LogP) is 2.44. The molecule has 24 heavy (non-hydrogen) atoms. The van der Waals surface area contributed by atoms with E-state index in [-0.39, 0.29) is 12.3 Å². The number of rotatable bonds is 7. The maximum Gasteiger partial charge on any atom is 0.226 e. The molecule has 0 aliphatic carbocycles. The van der Waals surface area contributed by atoms with Gasteiger partial charge >= 0.3 is 0 Å². The van der Waals surface area contributed by atoms with Crippen molar-refractivity contribution in [2.24, 2.45) is 0 Å². The summed E-state index contributed by atoms with van der Waals surface area (Å²) in [5.74, 6) is 0.762. The Bertz CT molecular complexity index is 799. The Labute approximate surface area is 143 Å². The Morgan fingerprint density at radius 1 is 1.42 bits per heavy atom. The maximum absolute atomic E-state index is 12.0.